The van der Waals surface area contributed by atoms with Crippen molar-refractivity contribution < 1.29 is 4.79 Å². The van der Waals surface area contributed by atoms with E-state index < -0.39 is 0 Å². The average molecular weight is 356 g/mol. The monoisotopic (exact) mass is 356 g/mol. The molecule has 4 aromatic rings. The van der Waals surface area contributed by atoms with Crippen molar-refractivity contribution in [3.05, 3.63) is 71.5 Å². The number of nitrogens with one attached hydrogen (secondary N) is 1. The number of hydrogen-bond acceptors (Lipinski definition) is 2. The predicted molar refractivity (Wildman–Crippen MR) is 106 cm³/mol. The van der Waals surface area contributed by atoms with E-state index in [0.29, 0.717) is 18.7 Å². The van der Waals surface area contributed by atoms with Gasteiger partial charge in [-0.05, 0) is 44.2 Å². The SMILES string of the molecule is Cc1cc(-c2nc3cccc4c3n2CCNC4=O)c(C)n1-c1ccccc1. The first-order valence-electron chi connectivity index (χ1n) is 9.17. The fraction of sp³-hybridized carbons (Fsp3) is 0.182. The van der Waals surface area contributed by atoms with Crippen molar-refractivity contribution in [3.63, 3.8) is 0 Å². The number of para-hydroxylation sites is 2. The Kier molecular flexibility index (Phi) is 3.44. The molecule has 0 unspecified atom stereocenters. The summed E-state index contributed by atoms with van der Waals surface area (Å²) in [4.78, 5) is 17.3. The number of carbonyl (C=O) groups is 1. The standard InChI is InChI=1S/C22H20N4O/c1-14-13-18(15(2)26(14)16-7-4-3-5-8-16)21-24-19-10-6-9-17-20(19)25(21)12-11-23-22(17)27/h3-10,13H,11-12H2,1-2H3,(H,23,27). The van der Waals surface area contributed by atoms with Gasteiger partial charge in [-0.15, -0.1) is 0 Å². The number of aryl methyl sites for hydroxylation is 1. The van der Waals surface area contributed by atoms with Gasteiger partial charge in [-0.2, -0.15) is 0 Å². The van der Waals surface area contributed by atoms with Crippen molar-refractivity contribution in [1.29, 1.82) is 0 Å². The maximum Gasteiger partial charge on any atom is 0.253 e. The Morgan fingerprint density at radius 3 is 2.63 bits per heavy atom. The maximum atomic E-state index is 12.4. The molecule has 0 saturated carbocycles. The van der Waals surface area contributed by atoms with E-state index >= 15 is 0 Å². The molecular weight excluding hydrogens is 336 g/mol. The molecule has 2 aromatic carbocycles. The Morgan fingerprint density at radius 2 is 1.81 bits per heavy atom. The summed E-state index contributed by atoms with van der Waals surface area (Å²) in [5, 5.41) is 2.98. The number of hydrogen-bond donors (Lipinski definition) is 1. The molecule has 1 aliphatic heterocycles. The van der Waals surface area contributed by atoms with Crippen molar-refractivity contribution in [2.45, 2.75) is 20.4 Å². The molecule has 0 spiro atoms. The zero-order valence-electron chi connectivity index (χ0n) is 15.4. The first-order valence-corrected chi connectivity index (χ1v) is 9.17. The molecule has 1 aliphatic rings. The Morgan fingerprint density at radius 1 is 1.00 bits per heavy atom. The molecule has 5 heteroatoms. The Hall–Kier alpha value is -3.34. The molecule has 2 aromatic heterocycles. The molecule has 134 valence electrons. The fourth-order valence-corrected chi connectivity index (χ4v) is 4.13. The van der Waals surface area contributed by atoms with Gasteiger partial charge in [0.05, 0.1) is 16.6 Å². The molecule has 0 radical (unpaired) electrons. The van der Waals surface area contributed by atoms with Crippen molar-refractivity contribution in [2.75, 3.05) is 6.54 Å². The zero-order valence-corrected chi connectivity index (χ0v) is 15.4. The van der Waals surface area contributed by atoms with Crippen LogP contribution in [0.5, 0.6) is 0 Å². The number of nitrogens with zero attached hydrogens (tertiary/aromatic N) is 3. The van der Waals surface area contributed by atoms with E-state index in [1.807, 2.05) is 24.3 Å². The van der Waals surface area contributed by atoms with Crippen LogP contribution in [0.15, 0.2) is 54.6 Å². The first-order chi connectivity index (χ1) is 13.1. The lowest BCUT2D eigenvalue weighted by molar-refractivity contribution is 0.0956. The minimum absolute atomic E-state index is 0.0273. The topological polar surface area (TPSA) is 51.9 Å². The molecular formula is C22H20N4O. The van der Waals surface area contributed by atoms with Gasteiger partial charge in [0.15, 0.2) is 0 Å². The summed E-state index contributed by atoms with van der Waals surface area (Å²) in [6.45, 7) is 5.56. The Bertz CT molecular complexity index is 1180. The van der Waals surface area contributed by atoms with E-state index in [0.717, 1.165) is 39.5 Å². The van der Waals surface area contributed by atoms with E-state index in [4.69, 9.17) is 4.98 Å². The summed E-state index contributed by atoms with van der Waals surface area (Å²) in [7, 11) is 0. The first kappa shape index (κ1) is 15.9. The van der Waals surface area contributed by atoms with Gasteiger partial charge in [0, 0.05) is 35.7 Å². The highest BCUT2D eigenvalue weighted by Crippen LogP contribution is 2.33. The second-order valence-corrected chi connectivity index (χ2v) is 6.97. The number of benzene rings is 2. The van der Waals surface area contributed by atoms with Crippen LogP contribution in [0.1, 0.15) is 21.7 Å². The smallest absolute Gasteiger partial charge is 0.253 e. The summed E-state index contributed by atoms with van der Waals surface area (Å²) in [5.41, 5.74) is 7.04. The molecule has 0 saturated heterocycles. The van der Waals surface area contributed by atoms with Gasteiger partial charge in [0.2, 0.25) is 0 Å². The minimum atomic E-state index is -0.0273. The van der Waals surface area contributed by atoms with Crippen molar-refractivity contribution in [2.24, 2.45) is 0 Å². The Labute approximate surface area is 157 Å². The molecule has 0 bridgehead atoms. The van der Waals surface area contributed by atoms with Crippen LogP contribution in [0.2, 0.25) is 0 Å². The van der Waals surface area contributed by atoms with Crippen LogP contribution in [0.4, 0.5) is 0 Å². The van der Waals surface area contributed by atoms with Gasteiger partial charge in [0.25, 0.3) is 5.91 Å². The molecule has 27 heavy (non-hydrogen) atoms. The normalized spacial score (nSPS) is 13.6. The average Bonchev–Trinajstić information content (AvgIpc) is 3.12. The summed E-state index contributed by atoms with van der Waals surface area (Å²) >= 11 is 0. The van der Waals surface area contributed by atoms with Gasteiger partial charge >= 0.3 is 0 Å². The van der Waals surface area contributed by atoms with Crippen LogP contribution >= 0.6 is 0 Å². The minimum Gasteiger partial charge on any atom is -0.350 e. The molecule has 3 heterocycles. The van der Waals surface area contributed by atoms with E-state index in [1.54, 1.807) is 0 Å². The second kappa shape index (κ2) is 5.84. The highest BCUT2D eigenvalue weighted by atomic mass is 16.1. The summed E-state index contributed by atoms with van der Waals surface area (Å²) in [5.74, 6) is 0.893. The van der Waals surface area contributed by atoms with Crippen LogP contribution in [0.25, 0.3) is 28.1 Å². The zero-order chi connectivity index (χ0) is 18.5. The molecule has 0 atom stereocenters. The lowest BCUT2D eigenvalue weighted by Gasteiger charge is -2.10. The predicted octanol–water partition coefficient (Wildman–Crippen LogP) is 3.85. The van der Waals surface area contributed by atoms with Crippen LogP contribution < -0.4 is 5.32 Å². The van der Waals surface area contributed by atoms with Crippen molar-refractivity contribution in [3.8, 4) is 17.1 Å². The molecule has 0 aliphatic carbocycles. The van der Waals surface area contributed by atoms with Crippen LogP contribution in [-0.2, 0) is 6.54 Å². The molecule has 5 nitrogen and oxygen atoms in total. The fourth-order valence-electron chi connectivity index (χ4n) is 4.13. The highest BCUT2D eigenvalue weighted by molar-refractivity contribution is 6.06. The highest BCUT2D eigenvalue weighted by Gasteiger charge is 2.24. The lowest BCUT2D eigenvalue weighted by Crippen LogP contribution is -2.24. The number of amides is 1. The third kappa shape index (κ3) is 2.31. The third-order valence-corrected chi connectivity index (χ3v) is 5.32. The number of aromatic nitrogens is 3. The van der Waals surface area contributed by atoms with Crippen molar-refractivity contribution in [1.82, 2.24) is 19.4 Å². The number of rotatable bonds is 2. The van der Waals surface area contributed by atoms with Gasteiger partial charge in [-0.25, -0.2) is 4.98 Å². The number of carbonyl (C=O) groups excluding carboxylic acids is 1. The largest absolute Gasteiger partial charge is 0.350 e. The van der Waals surface area contributed by atoms with E-state index in [9.17, 15) is 4.79 Å². The van der Waals surface area contributed by atoms with Gasteiger partial charge in [-0.1, -0.05) is 24.3 Å². The summed E-state index contributed by atoms with van der Waals surface area (Å²) in [6.07, 6.45) is 0. The van der Waals surface area contributed by atoms with Gasteiger partial charge in [-0.3, -0.25) is 4.79 Å². The summed E-state index contributed by atoms with van der Waals surface area (Å²) < 4.78 is 4.43. The molecule has 1 N–H and O–H groups in total. The van der Waals surface area contributed by atoms with Gasteiger partial charge in [0.1, 0.15) is 5.82 Å². The molecule has 1 amide bonds. The number of imidazole rings is 1. The lowest BCUT2D eigenvalue weighted by atomic mass is 10.1. The van der Waals surface area contributed by atoms with Gasteiger partial charge < -0.3 is 14.5 Å². The van der Waals surface area contributed by atoms with Crippen molar-refractivity contribution >= 4 is 16.9 Å². The quantitative estimate of drug-likeness (QED) is 0.593. The maximum absolute atomic E-state index is 12.4. The third-order valence-electron chi connectivity index (χ3n) is 5.32. The molecule has 0 fully saturated rings. The van der Waals surface area contributed by atoms with E-state index in [1.165, 1.54) is 0 Å². The van der Waals surface area contributed by atoms with E-state index in [-0.39, 0.29) is 5.91 Å². The summed E-state index contributed by atoms with van der Waals surface area (Å²) in [6, 6.07) is 18.3. The second-order valence-electron chi connectivity index (χ2n) is 6.97. The van der Waals surface area contributed by atoms with Crippen LogP contribution in [-0.4, -0.2) is 26.6 Å². The molecule has 5 rings (SSSR count). The van der Waals surface area contributed by atoms with Crippen LogP contribution in [0.3, 0.4) is 0 Å². The Balaban J connectivity index is 1.77. The van der Waals surface area contributed by atoms with E-state index in [2.05, 4.69) is 58.6 Å². The van der Waals surface area contributed by atoms with Crippen LogP contribution in [0, 0.1) is 13.8 Å².